The Kier molecular flexibility index (Phi) is 4.51. The number of rotatable bonds is 5. The highest BCUT2D eigenvalue weighted by molar-refractivity contribution is 5.76. The molecule has 1 aromatic rings. The van der Waals surface area contributed by atoms with Gasteiger partial charge in [-0.3, -0.25) is 9.59 Å². The molecule has 0 bridgehead atoms. The summed E-state index contributed by atoms with van der Waals surface area (Å²) in [6.45, 7) is 0.917. The van der Waals surface area contributed by atoms with E-state index >= 15 is 0 Å². The van der Waals surface area contributed by atoms with Crippen LogP contribution in [0.1, 0.15) is 19.3 Å². The van der Waals surface area contributed by atoms with E-state index in [1.807, 2.05) is 0 Å². The van der Waals surface area contributed by atoms with Gasteiger partial charge in [-0.15, -0.1) is 0 Å². The van der Waals surface area contributed by atoms with Crippen molar-refractivity contribution in [2.75, 3.05) is 13.1 Å². The molecule has 0 aromatic carbocycles. The average molecular weight is 296 g/mol. The Morgan fingerprint density at radius 3 is 2.90 bits per heavy atom. The van der Waals surface area contributed by atoms with E-state index in [4.69, 9.17) is 5.11 Å². The third kappa shape index (κ3) is 4.01. The van der Waals surface area contributed by atoms with Crippen LogP contribution < -0.4 is 0 Å². The number of carbonyl (C=O) groups is 2. The van der Waals surface area contributed by atoms with Crippen LogP contribution in [-0.2, 0) is 16.1 Å². The first kappa shape index (κ1) is 14.9. The first-order valence-corrected chi connectivity index (χ1v) is 6.63. The third-order valence-corrected chi connectivity index (χ3v) is 3.45. The molecule has 9 heteroatoms. The first-order chi connectivity index (χ1) is 9.95. The number of nitrogens with zero attached hydrogens (tertiary/aromatic N) is 4. The van der Waals surface area contributed by atoms with Crippen molar-refractivity contribution >= 4 is 17.7 Å². The summed E-state index contributed by atoms with van der Waals surface area (Å²) in [5, 5.41) is 23.0. The van der Waals surface area contributed by atoms with E-state index in [0.29, 0.717) is 13.1 Å². The van der Waals surface area contributed by atoms with Gasteiger partial charge in [-0.2, -0.15) is 4.68 Å². The summed E-state index contributed by atoms with van der Waals surface area (Å²) in [6.07, 6.45) is 3.00. The molecular formula is C12H16N4O5. The molecule has 1 atom stereocenters. The SMILES string of the molecule is O=C(O)CC1CCCN(C(=O)Cn2ccc([N+](=O)[O-])n2)C1. The van der Waals surface area contributed by atoms with Crippen molar-refractivity contribution in [3.63, 3.8) is 0 Å². The van der Waals surface area contributed by atoms with Gasteiger partial charge in [0.2, 0.25) is 5.91 Å². The predicted molar refractivity (Wildman–Crippen MR) is 70.4 cm³/mol. The van der Waals surface area contributed by atoms with Crippen molar-refractivity contribution in [1.29, 1.82) is 0 Å². The van der Waals surface area contributed by atoms with Gasteiger partial charge in [-0.05, 0) is 23.7 Å². The van der Waals surface area contributed by atoms with Gasteiger partial charge in [0.1, 0.15) is 6.54 Å². The lowest BCUT2D eigenvalue weighted by Gasteiger charge is -2.31. The van der Waals surface area contributed by atoms with Crippen LogP contribution in [0.5, 0.6) is 0 Å². The fourth-order valence-electron chi connectivity index (χ4n) is 2.48. The minimum Gasteiger partial charge on any atom is -0.481 e. The summed E-state index contributed by atoms with van der Waals surface area (Å²) >= 11 is 0. The zero-order valence-corrected chi connectivity index (χ0v) is 11.3. The van der Waals surface area contributed by atoms with E-state index in [-0.39, 0.29) is 30.6 Å². The van der Waals surface area contributed by atoms with Gasteiger partial charge in [-0.1, -0.05) is 0 Å². The largest absolute Gasteiger partial charge is 0.481 e. The number of carboxylic acid groups (broad SMARTS) is 1. The van der Waals surface area contributed by atoms with E-state index < -0.39 is 10.9 Å². The standard InChI is InChI=1S/C12H16N4O5/c17-11(8-15-5-3-10(13-15)16(20)21)14-4-1-2-9(7-14)6-12(18)19/h3,5,9H,1-2,4,6-8H2,(H,18,19). The molecular weight excluding hydrogens is 280 g/mol. The maximum absolute atomic E-state index is 12.1. The second-order valence-electron chi connectivity index (χ2n) is 5.07. The quantitative estimate of drug-likeness (QED) is 0.624. The molecule has 1 unspecified atom stereocenters. The number of nitro groups is 1. The molecule has 2 heterocycles. The highest BCUT2D eigenvalue weighted by Gasteiger charge is 2.26. The Morgan fingerprint density at radius 2 is 2.29 bits per heavy atom. The number of piperidine rings is 1. The number of hydrogen-bond donors (Lipinski definition) is 1. The van der Waals surface area contributed by atoms with Gasteiger partial charge in [0.15, 0.2) is 0 Å². The Labute approximate surface area is 120 Å². The lowest BCUT2D eigenvalue weighted by molar-refractivity contribution is -0.389. The van der Waals surface area contributed by atoms with Crippen LogP contribution in [0.2, 0.25) is 0 Å². The Hall–Kier alpha value is -2.45. The molecule has 1 aromatic heterocycles. The highest BCUT2D eigenvalue weighted by atomic mass is 16.6. The lowest BCUT2D eigenvalue weighted by Crippen LogP contribution is -2.42. The maximum Gasteiger partial charge on any atom is 0.389 e. The molecule has 2 rings (SSSR count). The fourth-order valence-corrected chi connectivity index (χ4v) is 2.48. The van der Waals surface area contributed by atoms with Crippen LogP contribution >= 0.6 is 0 Å². The Morgan fingerprint density at radius 1 is 1.52 bits per heavy atom. The van der Waals surface area contributed by atoms with Gasteiger partial charge in [0.25, 0.3) is 0 Å². The maximum atomic E-state index is 12.1. The number of likely N-dealkylation sites (tertiary alicyclic amines) is 1. The molecule has 114 valence electrons. The number of hydrogen-bond acceptors (Lipinski definition) is 5. The van der Waals surface area contributed by atoms with Gasteiger partial charge < -0.3 is 20.1 Å². The molecule has 0 radical (unpaired) electrons. The van der Waals surface area contributed by atoms with E-state index in [1.165, 1.54) is 16.9 Å². The molecule has 1 saturated heterocycles. The van der Waals surface area contributed by atoms with Gasteiger partial charge in [0, 0.05) is 19.5 Å². The Bertz CT molecular complexity index is 556. The van der Waals surface area contributed by atoms with Crippen molar-refractivity contribution in [3.8, 4) is 0 Å². The van der Waals surface area contributed by atoms with Gasteiger partial charge >= 0.3 is 11.8 Å². The lowest BCUT2D eigenvalue weighted by atomic mass is 9.95. The number of carbonyl (C=O) groups excluding carboxylic acids is 1. The number of amides is 1. The third-order valence-electron chi connectivity index (χ3n) is 3.45. The fraction of sp³-hybridized carbons (Fsp3) is 0.583. The summed E-state index contributed by atoms with van der Waals surface area (Å²) in [5.74, 6) is -1.41. The molecule has 9 nitrogen and oxygen atoms in total. The minimum atomic E-state index is -0.864. The molecule has 0 spiro atoms. The smallest absolute Gasteiger partial charge is 0.389 e. The van der Waals surface area contributed by atoms with Crippen molar-refractivity contribution in [3.05, 3.63) is 22.4 Å². The molecule has 1 N–H and O–H groups in total. The summed E-state index contributed by atoms with van der Waals surface area (Å²) in [7, 11) is 0. The summed E-state index contributed by atoms with van der Waals surface area (Å²) in [6, 6.07) is 1.23. The van der Waals surface area contributed by atoms with Crippen molar-refractivity contribution in [2.24, 2.45) is 5.92 Å². The van der Waals surface area contributed by atoms with E-state index in [0.717, 1.165) is 12.8 Å². The zero-order valence-electron chi connectivity index (χ0n) is 11.3. The van der Waals surface area contributed by atoms with Crippen LogP contribution in [0.15, 0.2) is 12.3 Å². The molecule has 1 fully saturated rings. The van der Waals surface area contributed by atoms with Crippen LogP contribution in [0.4, 0.5) is 5.82 Å². The molecule has 1 aliphatic rings. The normalized spacial score (nSPS) is 18.5. The van der Waals surface area contributed by atoms with E-state index in [2.05, 4.69) is 5.10 Å². The first-order valence-electron chi connectivity index (χ1n) is 6.63. The average Bonchev–Trinajstić information content (AvgIpc) is 2.87. The monoisotopic (exact) mass is 296 g/mol. The molecule has 0 saturated carbocycles. The number of aliphatic carboxylic acids is 1. The number of carboxylic acids is 1. The minimum absolute atomic E-state index is 0.0350. The van der Waals surface area contributed by atoms with Crippen molar-refractivity contribution in [2.45, 2.75) is 25.8 Å². The van der Waals surface area contributed by atoms with Crippen LogP contribution in [0.25, 0.3) is 0 Å². The van der Waals surface area contributed by atoms with Crippen LogP contribution in [0.3, 0.4) is 0 Å². The van der Waals surface area contributed by atoms with Crippen molar-refractivity contribution in [1.82, 2.24) is 14.7 Å². The zero-order chi connectivity index (χ0) is 15.4. The van der Waals surface area contributed by atoms with E-state index in [1.54, 1.807) is 4.90 Å². The molecule has 1 amide bonds. The molecule has 0 aliphatic carbocycles. The topological polar surface area (TPSA) is 119 Å². The van der Waals surface area contributed by atoms with Crippen LogP contribution in [-0.4, -0.2) is 49.7 Å². The summed E-state index contributed by atoms with van der Waals surface area (Å²) < 4.78 is 1.22. The second kappa shape index (κ2) is 6.33. The van der Waals surface area contributed by atoms with E-state index in [9.17, 15) is 19.7 Å². The second-order valence-corrected chi connectivity index (χ2v) is 5.07. The molecule has 21 heavy (non-hydrogen) atoms. The van der Waals surface area contributed by atoms with Crippen molar-refractivity contribution < 1.29 is 19.6 Å². The highest BCUT2D eigenvalue weighted by Crippen LogP contribution is 2.20. The summed E-state index contributed by atoms with van der Waals surface area (Å²) in [4.78, 5) is 34.4. The van der Waals surface area contributed by atoms with Gasteiger partial charge in [-0.25, -0.2) is 0 Å². The number of aromatic nitrogens is 2. The molecule has 1 aliphatic heterocycles. The predicted octanol–water partition coefficient (Wildman–Crippen LogP) is 0.505. The summed E-state index contributed by atoms with van der Waals surface area (Å²) in [5.41, 5.74) is 0. The van der Waals surface area contributed by atoms with Crippen LogP contribution in [0, 0.1) is 16.0 Å². The Balaban J connectivity index is 1.92. The van der Waals surface area contributed by atoms with Gasteiger partial charge in [0.05, 0.1) is 17.4 Å².